The molecule has 1 aliphatic heterocycles. The van der Waals surface area contributed by atoms with Gasteiger partial charge in [0.05, 0.1) is 0 Å². The van der Waals surface area contributed by atoms with Gasteiger partial charge in [-0.1, -0.05) is 6.92 Å². The molecule has 0 bridgehead atoms. The van der Waals surface area contributed by atoms with Crippen LogP contribution < -0.4 is 5.32 Å². The first-order chi connectivity index (χ1) is 8.06. The Morgan fingerprint density at radius 1 is 1.35 bits per heavy atom. The Hall–Kier alpha value is -0.280. The van der Waals surface area contributed by atoms with Crippen LogP contribution in [0.4, 0.5) is 0 Å². The molecule has 1 rings (SSSR count). The number of halogens is 1. The molecule has 0 saturated carbocycles. The molecule has 0 aromatic rings. The van der Waals surface area contributed by atoms with E-state index >= 15 is 0 Å². The summed E-state index contributed by atoms with van der Waals surface area (Å²) >= 11 is 5.58. The summed E-state index contributed by atoms with van der Waals surface area (Å²) in [6.45, 7) is 5.37. The van der Waals surface area contributed by atoms with Gasteiger partial charge in [0, 0.05) is 18.8 Å². The smallest absolute Gasteiger partial charge is 0.220 e. The van der Waals surface area contributed by atoms with Crippen molar-refractivity contribution in [2.24, 2.45) is 5.41 Å². The highest BCUT2D eigenvalue weighted by molar-refractivity contribution is 6.17. The van der Waals surface area contributed by atoms with E-state index in [1.165, 1.54) is 12.8 Å². The second-order valence-electron chi connectivity index (χ2n) is 5.54. The summed E-state index contributed by atoms with van der Waals surface area (Å²) in [5, 5.41) is 3.07. The van der Waals surface area contributed by atoms with Crippen molar-refractivity contribution in [2.45, 2.75) is 39.0 Å². The minimum Gasteiger partial charge on any atom is -0.356 e. The van der Waals surface area contributed by atoms with E-state index in [-0.39, 0.29) is 11.3 Å². The molecule has 1 aliphatic rings. The van der Waals surface area contributed by atoms with Crippen molar-refractivity contribution in [3.05, 3.63) is 0 Å². The predicted molar refractivity (Wildman–Crippen MR) is 72.4 cm³/mol. The minimum absolute atomic E-state index is 0.176. The van der Waals surface area contributed by atoms with Crippen molar-refractivity contribution in [3.63, 3.8) is 0 Å². The summed E-state index contributed by atoms with van der Waals surface area (Å²) in [4.78, 5) is 14.0. The average Bonchev–Trinajstić information content (AvgIpc) is 2.32. The zero-order chi connectivity index (χ0) is 12.7. The molecule has 1 saturated heterocycles. The van der Waals surface area contributed by atoms with Crippen LogP contribution in [0.3, 0.4) is 0 Å². The van der Waals surface area contributed by atoms with Crippen LogP contribution in [0.2, 0.25) is 0 Å². The van der Waals surface area contributed by atoms with E-state index in [9.17, 15) is 4.79 Å². The Balaban J connectivity index is 2.18. The van der Waals surface area contributed by atoms with Crippen LogP contribution in [0.25, 0.3) is 0 Å². The lowest BCUT2D eigenvalue weighted by Gasteiger charge is -2.37. The monoisotopic (exact) mass is 260 g/mol. The van der Waals surface area contributed by atoms with Crippen molar-refractivity contribution in [2.75, 3.05) is 32.6 Å². The lowest BCUT2D eigenvalue weighted by atomic mass is 9.80. The van der Waals surface area contributed by atoms with Crippen LogP contribution in [-0.2, 0) is 4.79 Å². The quantitative estimate of drug-likeness (QED) is 0.587. The standard InChI is InChI=1S/C13H25ClN2O/c1-13(6-9-16(2)10-7-13)11-15-12(17)5-3-4-8-14/h3-11H2,1-2H3,(H,15,17). The van der Waals surface area contributed by atoms with Gasteiger partial charge in [0.1, 0.15) is 0 Å². The summed E-state index contributed by atoms with van der Waals surface area (Å²) in [6, 6.07) is 0. The molecule has 4 heteroatoms. The summed E-state index contributed by atoms with van der Waals surface area (Å²) in [6.07, 6.45) is 4.78. The molecule has 1 N–H and O–H groups in total. The number of unbranched alkanes of at least 4 members (excludes halogenated alkanes) is 1. The van der Waals surface area contributed by atoms with Gasteiger partial charge in [0.2, 0.25) is 5.91 Å². The lowest BCUT2D eigenvalue weighted by Crippen LogP contribution is -2.43. The van der Waals surface area contributed by atoms with Gasteiger partial charge in [-0.25, -0.2) is 0 Å². The number of hydrogen-bond acceptors (Lipinski definition) is 2. The molecule has 17 heavy (non-hydrogen) atoms. The zero-order valence-corrected chi connectivity index (χ0v) is 11.9. The number of carbonyl (C=O) groups excluding carboxylic acids is 1. The first-order valence-electron chi connectivity index (χ1n) is 6.57. The SMILES string of the molecule is CN1CCC(C)(CNC(=O)CCCCCl)CC1. The van der Waals surface area contributed by atoms with Gasteiger partial charge in [-0.15, -0.1) is 11.6 Å². The summed E-state index contributed by atoms with van der Waals surface area (Å²) in [5.41, 5.74) is 0.286. The van der Waals surface area contributed by atoms with Crippen LogP contribution in [0, 0.1) is 5.41 Å². The van der Waals surface area contributed by atoms with Crippen LogP contribution in [0.1, 0.15) is 39.0 Å². The fraction of sp³-hybridized carbons (Fsp3) is 0.923. The second-order valence-corrected chi connectivity index (χ2v) is 5.91. The minimum atomic E-state index is 0.176. The molecule has 0 atom stereocenters. The number of rotatable bonds is 6. The highest BCUT2D eigenvalue weighted by Crippen LogP contribution is 2.29. The molecule has 1 heterocycles. The number of alkyl halides is 1. The van der Waals surface area contributed by atoms with Crippen LogP contribution in [-0.4, -0.2) is 43.4 Å². The van der Waals surface area contributed by atoms with Crippen LogP contribution in [0.5, 0.6) is 0 Å². The Morgan fingerprint density at radius 3 is 2.59 bits per heavy atom. The molecule has 0 unspecified atom stereocenters. The number of nitrogens with zero attached hydrogens (tertiary/aromatic N) is 1. The Bertz CT molecular complexity index is 238. The highest BCUT2D eigenvalue weighted by atomic mass is 35.5. The lowest BCUT2D eigenvalue weighted by molar-refractivity contribution is -0.121. The third-order valence-corrected chi connectivity index (χ3v) is 3.96. The normalized spacial score (nSPS) is 20.2. The maximum absolute atomic E-state index is 11.6. The molecule has 0 aromatic carbocycles. The highest BCUT2D eigenvalue weighted by Gasteiger charge is 2.28. The Morgan fingerprint density at radius 2 is 2.00 bits per heavy atom. The largest absolute Gasteiger partial charge is 0.356 e. The molecule has 1 fully saturated rings. The topological polar surface area (TPSA) is 32.3 Å². The number of likely N-dealkylation sites (tertiary alicyclic amines) is 1. The third-order valence-electron chi connectivity index (χ3n) is 3.69. The molecule has 0 aromatic heterocycles. The van der Waals surface area contributed by atoms with Gasteiger partial charge in [0.25, 0.3) is 0 Å². The number of hydrogen-bond donors (Lipinski definition) is 1. The molecule has 3 nitrogen and oxygen atoms in total. The zero-order valence-electron chi connectivity index (χ0n) is 11.1. The van der Waals surface area contributed by atoms with Crippen molar-refractivity contribution in [1.29, 1.82) is 0 Å². The molecular weight excluding hydrogens is 236 g/mol. The molecule has 0 aliphatic carbocycles. The average molecular weight is 261 g/mol. The van der Waals surface area contributed by atoms with Gasteiger partial charge >= 0.3 is 0 Å². The third kappa shape index (κ3) is 5.73. The Labute approximate surface area is 110 Å². The van der Waals surface area contributed by atoms with Crippen molar-refractivity contribution in [1.82, 2.24) is 10.2 Å². The van der Waals surface area contributed by atoms with Gasteiger partial charge in [-0.05, 0) is 51.2 Å². The van der Waals surface area contributed by atoms with E-state index in [0.29, 0.717) is 12.3 Å². The van der Waals surface area contributed by atoms with Crippen LogP contribution in [0.15, 0.2) is 0 Å². The maximum atomic E-state index is 11.6. The van der Waals surface area contributed by atoms with Gasteiger partial charge in [0.15, 0.2) is 0 Å². The summed E-state index contributed by atoms with van der Waals surface area (Å²) in [5.74, 6) is 0.826. The first kappa shape index (κ1) is 14.8. The molecule has 100 valence electrons. The number of carbonyl (C=O) groups is 1. The van der Waals surface area contributed by atoms with E-state index in [1.54, 1.807) is 0 Å². The van der Waals surface area contributed by atoms with Gasteiger partial charge in [-0.2, -0.15) is 0 Å². The molecular formula is C13H25ClN2O. The van der Waals surface area contributed by atoms with E-state index < -0.39 is 0 Å². The number of nitrogens with one attached hydrogen (secondary N) is 1. The van der Waals surface area contributed by atoms with Crippen LogP contribution >= 0.6 is 11.6 Å². The fourth-order valence-electron chi connectivity index (χ4n) is 2.12. The summed E-state index contributed by atoms with van der Waals surface area (Å²) in [7, 11) is 2.16. The van der Waals surface area contributed by atoms with Crippen molar-refractivity contribution >= 4 is 17.5 Å². The number of piperidine rings is 1. The van der Waals surface area contributed by atoms with E-state index in [1.807, 2.05) is 0 Å². The predicted octanol–water partition coefficient (Wildman–Crippen LogP) is 2.24. The fourth-order valence-corrected chi connectivity index (χ4v) is 2.30. The van der Waals surface area contributed by atoms with Crippen molar-refractivity contribution < 1.29 is 4.79 Å². The molecule has 1 amide bonds. The maximum Gasteiger partial charge on any atom is 0.220 e. The van der Waals surface area contributed by atoms with Gasteiger partial charge < -0.3 is 10.2 Å². The molecule has 0 spiro atoms. The van der Waals surface area contributed by atoms with Gasteiger partial charge in [-0.3, -0.25) is 4.79 Å². The van der Waals surface area contributed by atoms with Crippen molar-refractivity contribution in [3.8, 4) is 0 Å². The second kappa shape index (κ2) is 7.22. The first-order valence-corrected chi connectivity index (χ1v) is 7.10. The number of amides is 1. The summed E-state index contributed by atoms with van der Waals surface area (Å²) < 4.78 is 0. The molecule has 0 radical (unpaired) electrons. The van der Waals surface area contributed by atoms with E-state index in [4.69, 9.17) is 11.6 Å². The Kier molecular flexibility index (Phi) is 6.28. The van der Waals surface area contributed by atoms with E-state index in [0.717, 1.165) is 32.5 Å². The van der Waals surface area contributed by atoms with E-state index in [2.05, 4.69) is 24.2 Å².